The first kappa shape index (κ1) is 62.5. The van der Waals surface area contributed by atoms with Gasteiger partial charge < -0.3 is 14.2 Å². The minimum absolute atomic E-state index is 0.182. The summed E-state index contributed by atoms with van der Waals surface area (Å²) in [4.78, 5) is 5.44. The van der Waals surface area contributed by atoms with Gasteiger partial charge in [0.2, 0.25) is 0 Å². The molecule has 0 N–H and O–H groups in total. The molecule has 0 atom stereocenters. The number of para-hydroxylation sites is 1. The normalized spacial score (nSPS) is 12.9. The molecule has 102 heavy (non-hydrogen) atoms. The summed E-state index contributed by atoms with van der Waals surface area (Å²) in [6, 6.07) is 119. The van der Waals surface area contributed by atoms with Crippen molar-refractivity contribution in [3.8, 4) is 77.9 Å². The van der Waals surface area contributed by atoms with E-state index in [9.17, 15) is 0 Å². The molecule has 0 amide bonds. The topological polar surface area (TPSA) is 19.6 Å². The second-order valence-corrected chi connectivity index (χ2v) is 31.1. The number of hydrogen-bond donors (Lipinski definition) is 0. The van der Waals surface area contributed by atoms with Gasteiger partial charge in [0.05, 0.1) is 11.4 Å². The van der Waals surface area contributed by atoms with Crippen molar-refractivity contribution < 1.29 is 4.42 Å². The molecule has 15 aromatic carbocycles. The first-order valence-electron chi connectivity index (χ1n) is 36.1. The van der Waals surface area contributed by atoms with Gasteiger partial charge in [0, 0.05) is 55.8 Å². The van der Waals surface area contributed by atoms with E-state index in [0.717, 1.165) is 95.0 Å². The third-order valence-corrected chi connectivity index (χ3v) is 21.7. The molecule has 0 bridgehead atoms. The second kappa shape index (κ2) is 24.0. The molecule has 16 aromatic rings. The van der Waals surface area contributed by atoms with E-state index in [1.54, 1.807) is 0 Å². The van der Waals surface area contributed by atoms with Crippen LogP contribution in [0.4, 0.5) is 34.1 Å². The third-order valence-electron chi connectivity index (χ3n) is 21.7. The molecule has 3 heterocycles. The summed E-state index contributed by atoms with van der Waals surface area (Å²) in [5, 5.41) is 7.11. The number of fused-ring (bicyclic) bond motifs is 9. The van der Waals surface area contributed by atoms with Crippen molar-refractivity contribution in [2.75, 3.05) is 9.80 Å². The van der Waals surface area contributed by atoms with Crippen LogP contribution in [0.3, 0.4) is 0 Å². The highest BCUT2D eigenvalue weighted by Gasteiger charge is 2.47. The molecular weight excluding hydrogens is 1230 g/mol. The Morgan fingerprint density at radius 2 is 0.598 bits per heavy atom. The lowest BCUT2D eigenvalue weighted by molar-refractivity contribution is 0.590. The Balaban J connectivity index is 1.02. The molecule has 0 spiro atoms. The molecule has 3 nitrogen and oxygen atoms in total. The number of anilines is 6. The minimum atomic E-state index is -0.320. The van der Waals surface area contributed by atoms with Crippen molar-refractivity contribution in [3.05, 3.63) is 332 Å². The van der Waals surface area contributed by atoms with Crippen molar-refractivity contribution in [1.82, 2.24) is 0 Å². The lowest BCUT2D eigenvalue weighted by Gasteiger charge is -2.47. The summed E-state index contributed by atoms with van der Waals surface area (Å²) in [6.07, 6.45) is 0. The zero-order chi connectivity index (χ0) is 69.3. The molecule has 4 heteroatoms. The van der Waals surface area contributed by atoms with Crippen LogP contribution in [0, 0.1) is 0 Å². The molecule has 0 radical (unpaired) electrons. The monoisotopic (exact) mass is 1310 g/mol. The predicted octanol–water partition coefficient (Wildman–Crippen LogP) is 25.5. The van der Waals surface area contributed by atoms with Crippen molar-refractivity contribution >= 4 is 101 Å². The third kappa shape index (κ3) is 10.4. The van der Waals surface area contributed by atoms with Gasteiger partial charge in [0.1, 0.15) is 11.2 Å². The highest BCUT2D eigenvalue weighted by molar-refractivity contribution is 7.00. The molecular formula is C98H79BN2O. The summed E-state index contributed by atoms with van der Waals surface area (Å²) in [7, 11) is 0. The Kier molecular flexibility index (Phi) is 14.7. The number of rotatable bonds is 9. The summed E-state index contributed by atoms with van der Waals surface area (Å²) in [5.74, 6) is 0. The van der Waals surface area contributed by atoms with E-state index in [1.165, 1.54) is 93.6 Å². The van der Waals surface area contributed by atoms with Crippen LogP contribution in [-0.2, 0) is 16.2 Å². The van der Waals surface area contributed by atoms with E-state index in [2.05, 4.69) is 388 Å². The van der Waals surface area contributed by atoms with Crippen molar-refractivity contribution in [3.63, 3.8) is 0 Å². The van der Waals surface area contributed by atoms with Crippen LogP contribution in [0.25, 0.3) is 121 Å². The maximum atomic E-state index is 6.72. The second-order valence-electron chi connectivity index (χ2n) is 31.1. The zero-order valence-corrected chi connectivity index (χ0v) is 59.4. The van der Waals surface area contributed by atoms with Crippen LogP contribution < -0.4 is 26.2 Å². The molecule has 1 aromatic heterocycles. The molecule has 0 fully saturated rings. The fourth-order valence-electron chi connectivity index (χ4n) is 16.5. The average molecular weight is 1310 g/mol. The van der Waals surface area contributed by atoms with Gasteiger partial charge in [-0.05, 0) is 193 Å². The molecule has 0 unspecified atom stereocenters. The maximum absolute atomic E-state index is 6.72. The Labute approximate surface area is 599 Å². The fraction of sp³-hybridized carbons (Fsp3) is 0.122. The van der Waals surface area contributed by atoms with E-state index in [-0.39, 0.29) is 23.0 Å². The van der Waals surface area contributed by atoms with Gasteiger partial charge in [-0.25, -0.2) is 0 Å². The van der Waals surface area contributed by atoms with Crippen LogP contribution in [0.1, 0.15) is 79.0 Å². The van der Waals surface area contributed by atoms with Crippen LogP contribution in [-0.4, -0.2) is 6.71 Å². The summed E-state index contributed by atoms with van der Waals surface area (Å²) < 4.78 is 6.72. The van der Waals surface area contributed by atoms with Crippen LogP contribution in [0.2, 0.25) is 0 Å². The lowest BCUT2D eigenvalue weighted by Crippen LogP contribution is -2.61. The zero-order valence-electron chi connectivity index (χ0n) is 59.4. The smallest absolute Gasteiger partial charge is 0.252 e. The Morgan fingerprint density at radius 1 is 0.245 bits per heavy atom. The van der Waals surface area contributed by atoms with Gasteiger partial charge in [-0.3, -0.25) is 0 Å². The van der Waals surface area contributed by atoms with Gasteiger partial charge in [-0.15, -0.1) is 0 Å². The first-order chi connectivity index (χ1) is 49.5. The molecule has 2 aliphatic heterocycles. The highest BCUT2D eigenvalue weighted by Crippen LogP contribution is 2.56. The standard InChI is InChI=1S/C98H79BN2O/c1-96(2,3)70-56-79(62-31-15-10-16-32-62)94(80(57-70)63-33-17-11-18-34-63)100-85-52-49-67(68-47-50-74-73-41-29-30-46-89(73)102-90(74)55-68)53-84(85)99-83-51-48-69(92-77-44-27-25-42-75(77)91(66-39-23-14-24-40-66)76-43-26-28-45-78(76)92)54-86(83)101(88-61-72(98(7,8)9)60-87(100)93(88)99)95-81(64-35-19-12-20-36-64)58-71(97(4,5)6)59-82(95)65-37-21-13-22-38-65/h10-61H,1-9H3. The van der Waals surface area contributed by atoms with Crippen molar-refractivity contribution in [2.24, 2.45) is 0 Å². The summed E-state index contributed by atoms with van der Waals surface area (Å²) >= 11 is 0. The predicted molar refractivity (Wildman–Crippen MR) is 437 cm³/mol. The first-order valence-corrected chi connectivity index (χ1v) is 36.1. The Morgan fingerprint density at radius 3 is 1.05 bits per heavy atom. The van der Waals surface area contributed by atoms with E-state index >= 15 is 0 Å². The molecule has 18 rings (SSSR count). The SMILES string of the molecule is CC(C)(C)c1cc(-c2ccccc2)c(N2c3ccc(-c4ccc5c(c4)oc4ccccc45)cc3B3c4ccc(-c5c6ccccc6c(-c6ccccc6)c6ccccc56)cc4N(c4c(-c5ccccc5)cc(C(C)(C)C)cc4-c4ccccc4)c4cc(C(C)(C)C)cc2c43)c(-c2ccccc2)c1. The van der Waals surface area contributed by atoms with Gasteiger partial charge in [0.15, 0.2) is 0 Å². The lowest BCUT2D eigenvalue weighted by atomic mass is 9.33. The maximum Gasteiger partial charge on any atom is 0.252 e. The number of nitrogens with zero attached hydrogens (tertiary/aromatic N) is 2. The average Bonchev–Trinajstić information content (AvgIpc) is 0.763. The highest BCUT2D eigenvalue weighted by atomic mass is 16.3. The van der Waals surface area contributed by atoms with Gasteiger partial charge in [-0.2, -0.15) is 0 Å². The fourth-order valence-corrected chi connectivity index (χ4v) is 16.5. The van der Waals surface area contributed by atoms with Crippen LogP contribution in [0.5, 0.6) is 0 Å². The van der Waals surface area contributed by atoms with Gasteiger partial charge >= 0.3 is 0 Å². The van der Waals surface area contributed by atoms with Gasteiger partial charge in [0.25, 0.3) is 6.71 Å². The van der Waals surface area contributed by atoms with E-state index < -0.39 is 0 Å². The van der Waals surface area contributed by atoms with Crippen molar-refractivity contribution in [1.29, 1.82) is 0 Å². The van der Waals surface area contributed by atoms with Crippen LogP contribution >= 0.6 is 0 Å². The van der Waals surface area contributed by atoms with E-state index in [4.69, 9.17) is 4.42 Å². The summed E-state index contributed by atoms with van der Waals surface area (Å²) in [6.45, 7) is 21.0. The quantitative estimate of drug-likeness (QED) is 0.106. The molecule has 0 saturated carbocycles. The van der Waals surface area contributed by atoms with Crippen LogP contribution in [0.15, 0.2) is 320 Å². The van der Waals surface area contributed by atoms with Crippen molar-refractivity contribution in [2.45, 2.75) is 78.6 Å². The van der Waals surface area contributed by atoms with E-state index in [0.29, 0.717) is 0 Å². The number of hydrogen-bond acceptors (Lipinski definition) is 3. The largest absolute Gasteiger partial charge is 0.456 e. The molecule has 0 aliphatic carbocycles. The molecule has 2 aliphatic rings. The Bertz CT molecular complexity index is 5810. The molecule has 490 valence electrons. The number of furan rings is 1. The molecule has 0 saturated heterocycles. The minimum Gasteiger partial charge on any atom is -0.456 e. The Hall–Kier alpha value is -11.7. The van der Waals surface area contributed by atoms with E-state index in [1.807, 2.05) is 0 Å². The summed E-state index contributed by atoms with van der Waals surface area (Å²) in [5.41, 5.74) is 31.7. The van der Waals surface area contributed by atoms with Gasteiger partial charge in [-0.1, -0.05) is 311 Å². The number of benzene rings is 15.